The Labute approximate surface area is 106 Å². The molecule has 0 saturated heterocycles. The van der Waals surface area contributed by atoms with Gasteiger partial charge in [-0.25, -0.2) is 4.79 Å². The maximum absolute atomic E-state index is 11.1. The Bertz CT molecular complexity index is 421. The van der Waals surface area contributed by atoms with Gasteiger partial charge in [0.25, 0.3) is 0 Å². The van der Waals surface area contributed by atoms with Crippen LogP contribution in [0.1, 0.15) is 5.56 Å². The summed E-state index contributed by atoms with van der Waals surface area (Å²) >= 11 is 0. The zero-order chi connectivity index (χ0) is 13.2. The predicted molar refractivity (Wildman–Crippen MR) is 69.0 cm³/mol. The predicted octanol–water partition coefficient (Wildman–Crippen LogP) is 2.33. The molecule has 96 valence electrons. The van der Waals surface area contributed by atoms with Crippen LogP contribution in [-0.2, 0) is 14.3 Å². The quantitative estimate of drug-likeness (QED) is 0.348. The Morgan fingerprint density at radius 3 is 2.67 bits per heavy atom. The molecule has 0 aromatic heterocycles. The number of aliphatic carboxylic acids is 1. The van der Waals surface area contributed by atoms with Gasteiger partial charge < -0.3 is 14.6 Å². The van der Waals surface area contributed by atoms with Crippen molar-refractivity contribution in [3.8, 4) is 0 Å². The molecular formula is C14H16O4. The summed E-state index contributed by atoms with van der Waals surface area (Å²) in [6.07, 6.45) is 4.94. The van der Waals surface area contributed by atoms with E-state index in [0.717, 1.165) is 0 Å². The summed E-state index contributed by atoms with van der Waals surface area (Å²) in [5.74, 6) is -0.955. The molecule has 1 N–H and O–H groups in total. The lowest BCUT2D eigenvalue weighted by Crippen LogP contribution is -1.99. The second-order valence-corrected chi connectivity index (χ2v) is 3.46. The second-order valence-electron chi connectivity index (χ2n) is 3.46. The van der Waals surface area contributed by atoms with E-state index in [4.69, 9.17) is 14.6 Å². The van der Waals surface area contributed by atoms with Gasteiger partial charge in [0.05, 0.1) is 12.2 Å². The molecule has 0 atom stereocenters. The molecule has 0 amide bonds. The first-order chi connectivity index (χ1) is 8.75. The fourth-order valence-electron chi connectivity index (χ4n) is 1.33. The molecule has 1 aromatic rings. The van der Waals surface area contributed by atoms with Crippen molar-refractivity contribution in [2.45, 2.75) is 0 Å². The van der Waals surface area contributed by atoms with Crippen LogP contribution in [0.25, 0.3) is 5.57 Å². The fourth-order valence-corrected chi connectivity index (χ4v) is 1.33. The molecule has 4 nitrogen and oxygen atoms in total. The molecule has 1 aromatic carbocycles. The molecule has 0 bridgehead atoms. The van der Waals surface area contributed by atoms with Gasteiger partial charge in [0.2, 0.25) is 0 Å². The average molecular weight is 248 g/mol. The topological polar surface area (TPSA) is 55.8 Å². The van der Waals surface area contributed by atoms with Crippen LogP contribution in [0.5, 0.6) is 0 Å². The molecule has 0 aliphatic rings. The molecule has 1 rings (SSSR count). The van der Waals surface area contributed by atoms with E-state index in [1.165, 1.54) is 0 Å². The Balaban J connectivity index is 2.66. The highest BCUT2D eigenvalue weighted by Crippen LogP contribution is 2.14. The Morgan fingerprint density at radius 1 is 1.33 bits per heavy atom. The molecule has 4 heteroatoms. The van der Waals surface area contributed by atoms with Crippen LogP contribution in [0.15, 0.2) is 48.6 Å². The lowest BCUT2D eigenvalue weighted by atomic mass is 10.1. The van der Waals surface area contributed by atoms with Crippen LogP contribution in [0, 0.1) is 0 Å². The summed E-state index contributed by atoms with van der Waals surface area (Å²) in [6.45, 7) is 0.602. The third-order valence-electron chi connectivity index (χ3n) is 2.13. The summed E-state index contributed by atoms with van der Waals surface area (Å²) in [6, 6.07) is 8.97. The van der Waals surface area contributed by atoms with Crippen molar-refractivity contribution < 1.29 is 19.4 Å². The minimum atomic E-state index is -0.955. The zero-order valence-electron chi connectivity index (χ0n) is 10.2. The van der Waals surface area contributed by atoms with E-state index in [1.54, 1.807) is 49.6 Å². The van der Waals surface area contributed by atoms with Gasteiger partial charge in [0, 0.05) is 7.11 Å². The van der Waals surface area contributed by atoms with Crippen molar-refractivity contribution in [1.29, 1.82) is 0 Å². The van der Waals surface area contributed by atoms with Crippen molar-refractivity contribution in [3.63, 3.8) is 0 Å². The van der Waals surface area contributed by atoms with Crippen molar-refractivity contribution in [2.75, 3.05) is 20.5 Å². The van der Waals surface area contributed by atoms with Gasteiger partial charge in [-0.15, -0.1) is 0 Å². The van der Waals surface area contributed by atoms with Gasteiger partial charge in [0.1, 0.15) is 6.79 Å². The molecule has 0 spiro atoms. The van der Waals surface area contributed by atoms with Crippen molar-refractivity contribution in [2.24, 2.45) is 0 Å². The van der Waals surface area contributed by atoms with Crippen LogP contribution >= 0.6 is 0 Å². The minimum Gasteiger partial charge on any atom is -0.478 e. The van der Waals surface area contributed by atoms with Gasteiger partial charge in [-0.05, 0) is 11.6 Å². The number of carboxylic acid groups (broad SMARTS) is 1. The van der Waals surface area contributed by atoms with E-state index in [0.29, 0.717) is 12.2 Å². The van der Waals surface area contributed by atoms with E-state index in [9.17, 15) is 4.79 Å². The summed E-state index contributed by atoms with van der Waals surface area (Å²) < 4.78 is 9.76. The summed E-state index contributed by atoms with van der Waals surface area (Å²) in [5, 5.41) is 9.11. The van der Waals surface area contributed by atoms with Crippen LogP contribution in [0.3, 0.4) is 0 Å². The van der Waals surface area contributed by atoms with E-state index in [1.807, 2.05) is 6.07 Å². The molecule has 0 radical (unpaired) electrons. The van der Waals surface area contributed by atoms with Crippen molar-refractivity contribution in [3.05, 3.63) is 54.1 Å². The number of carboxylic acids is 1. The highest BCUT2D eigenvalue weighted by molar-refractivity contribution is 6.15. The third-order valence-corrected chi connectivity index (χ3v) is 2.13. The molecule has 0 aliphatic heterocycles. The van der Waals surface area contributed by atoms with Crippen LogP contribution < -0.4 is 0 Å². The molecule has 0 aliphatic carbocycles. The summed E-state index contributed by atoms with van der Waals surface area (Å²) in [7, 11) is 1.54. The van der Waals surface area contributed by atoms with E-state index in [-0.39, 0.29) is 12.4 Å². The first-order valence-corrected chi connectivity index (χ1v) is 5.48. The van der Waals surface area contributed by atoms with E-state index in [2.05, 4.69) is 0 Å². The van der Waals surface area contributed by atoms with E-state index >= 15 is 0 Å². The Morgan fingerprint density at radius 2 is 2.06 bits per heavy atom. The lowest BCUT2D eigenvalue weighted by molar-refractivity contribution is -0.130. The molecular weight excluding hydrogens is 232 g/mol. The largest absolute Gasteiger partial charge is 0.478 e. The Hall–Kier alpha value is -1.91. The fraction of sp³-hybridized carbons (Fsp3) is 0.214. The van der Waals surface area contributed by atoms with Gasteiger partial charge in [-0.1, -0.05) is 42.5 Å². The molecule has 0 heterocycles. The number of methoxy groups -OCH3 is 1. The number of ether oxygens (including phenoxy) is 2. The first kappa shape index (κ1) is 14.2. The SMILES string of the molecule is COCOC/C=C/C=C(/C(=O)O)c1ccccc1. The average Bonchev–Trinajstić information content (AvgIpc) is 2.38. The Kier molecular flexibility index (Phi) is 6.46. The molecule has 0 fully saturated rings. The lowest BCUT2D eigenvalue weighted by Gasteiger charge is -2.00. The number of hydrogen-bond donors (Lipinski definition) is 1. The highest BCUT2D eigenvalue weighted by Gasteiger charge is 2.07. The molecule has 0 saturated carbocycles. The minimum absolute atomic E-state index is 0.221. The maximum atomic E-state index is 11.1. The van der Waals surface area contributed by atoms with Crippen LogP contribution in [-0.4, -0.2) is 31.6 Å². The second kappa shape index (κ2) is 8.22. The van der Waals surface area contributed by atoms with Crippen molar-refractivity contribution >= 4 is 11.5 Å². The number of hydrogen-bond acceptors (Lipinski definition) is 3. The van der Waals surface area contributed by atoms with E-state index < -0.39 is 5.97 Å². The first-order valence-electron chi connectivity index (χ1n) is 5.48. The van der Waals surface area contributed by atoms with Crippen LogP contribution in [0.2, 0.25) is 0 Å². The van der Waals surface area contributed by atoms with Gasteiger partial charge in [0.15, 0.2) is 0 Å². The molecule has 18 heavy (non-hydrogen) atoms. The van der Waals surface area contributed by atoms with Gasteiger partial charge >= 0.3 is 5.97 Å². The normalized spacial score (nSPS) is 11.9. The van der Waals surface area contributed by atoms with Gasteiger partial charge in [-0.2, -0.15) is 0 Å². The standard InChI is InChI=1S/C14H16O4/c1-17-11-18-10-6-5-9-13(14(15)16)12-7-3-2-4-8-12/h2-9H,10-11H2,1H3,(H,15,16)/b6-5+,13-9+. The monoisotopic (exact) mass is 248 g/mol. The van der Waals surface area contributed by atoms with Crippen molar-refractivity contribution in [1.82, 2.24) is 0 Å². The summed E-state index contributed by atoms with van der Waals surface area (Å²) in [4.78, 5) is 11.1. The highest BCUT2D eigenvalue weighted by atomic mass is 16.7. The number of allylic oxidation sites excluding steroid dienone is 2. The summed E-state index contributed by atoms with van der Waals surface area (Å²) in [5.41, 5.74) is 0.922. The number of carbonyl (C=O) groups is 1. The van der Waals surface area contributed by atoms with Gasteiger partial charge in [-0.3, -0.25) is 0 Å². The third kappa shape index (κ3) is 4.95. The number of rotatable bonds is 7. The smallest absolute Gasteiger partial charge is 0.336 e. The van der Waals surface area contributed by atoms with Crippen LogP contribution in [0.4, 0.5) is 0 Å². The zero-order valence-corrected chi connectivity index (χ0v) is 10.2. The number of benzene rings is 1. The molecule has 0 unspecified atom stereocenters. The maximum Gasteiger partial charge on any atom is 0.336 e.